The molecule has 0 saturated carbocycles. The van der Waals surface area contributed by atoms with Crippen molar-refractivity contribution in [3.05, 3.63) is 41.0 Å². The van der Waals surface area contributed by atoms with E-state index in [9.17, 15) is 18.0 Å². The van der Waals surface area contributed by atoms with E-state index in [0.29, 0.717) is 16.7 Å². The second-order valence-electron chi connectivity index (χ2n) is 6.67. The maximum absolute atomic E-state index is 13.1. The first-order valence-electron chi connectivity index (χ1n) is 8.09. The smallest absolute Gasteiger partial charge is 0.366 e. The molecule has 1 rings (SSSR count). The molecule has 0 bridgehead atoms. The lowest BCUT2D eigenvalue weighted by molar-refractivity contribution is -0.156. The number of halogens is 3. The molecule has 0 saturated heterocycles. The van der Waals surface area contributed by atoms with Crippen LogP contribution in [0.5, 0.6) is 0 Å². The molecule has 0 fully saturated rings. The van der Waals surface area contributed by atoms with Crippen LogP contribution in [-0.4, -0.2) is 23.1 Å². The number of hydrazine groups is 1. The van der Waals surface area contributed by atoms with Crippen molar-refractivity contribution in [2.75, 3.05) is 0 Å². The van der Waals surface area contributed by atoms with E-state index in [2.05, 4.69) is 0 Å². The lowest BCUT2D eigenvalue weighted by atomic mass is 9.97. The molecule has 0 aromatic heterocycles. The fourth-order valence-corrected chi connectivity index (χ4v) is 2.29. The lowest BCUT2D eigenvalue weighted by Crippen LogP contribution is -2.41. The largest absolute Gasteiger partial charge is 0.394 e. The Balaban J connectivity index is 3.46. The summed E-state index contributed by atoms with van der Waals surface area (Å²) in [7, 11) is 0. The quantitative estimate of drug-likeness (QED) is 0.600. The number of aryl methyl sites for hydroxylation is 1. The first kappa shape index (κ1) is 21.0. The summed E-state index contributed by atoms with van der Waals surface area (Å²) in [5.74, 6) is 4.04. The molecule has 4 N–H and O–H groups in total. The Bertz CT molecular complexity index is 653. The number of amides is 1. The number of alkyl halides is 3. The second-order valence-corrected chi connectivity index (χ2v) is 6.67. The summed E-state index contributed by atoms with van der Waals surface area (Å²) in [6, 6.07) is 4.45. The maximum atomic E-state index is 13.1. The van der Waals surface area contributed by atoms with E-state index in [1.165, 1.54) is 11.1 Å². The Kier molecular flexibility index (Phi) is 6.65. The van der Waals surface area contributed by atoms with E-state index >= 15 is 0 Å². The summed E-state index contributed by atoms with van der Waals surface area (Å²) in [5.41, 5.74) is 7.00. The molecular weight excluding hydrogens is 331 g/mol. The predicted molar refractivity (Wildman–Crippen MR) is 93.2 cm³/mol. The number of nitrogens with zero attached hydrogens (tertiary/aromatic N) is 1. The number of rotatable bonds is 6. The van der Waals surface area contributed by atoms with Gasteiger partial charge in [-0.25, -0.2) is 5.84 Å². The van der Waals surface area contributed by atoms with Crippen LogP contribution in [0, 0.1) is 18.8 Å². The van der Waals surface area contributed by atoms with Crippen LogP contribution >= 0.6 is 0 Å². The molecule has 7 heteroatoms. The van der Waals surface area contributed by atoms with Crippen molar-refractivity contribution in [1.29, 1.82) is 0 Å². The minimum Gasteiger partial charge on any atom is -0.366 e. The summed E-state index contributed by atoms with van der Waals surface area (Å²) in [4.78, 5) is 11.3. The Hall–Kier alpha value is -2.02. The van der Waals surface area contributed by atoms with Gasteiger partial charge < -0.3 is 10.7 Å². The van der Waals surface area contributed by atoms with Crippen LogP contribution in [-0.2, 0) is 0 Å². The Morgan fingerprint density at radius 3 is 2.16 bits per heavy atom. The van der Waals surface area contributed by atoms with Crippen LogP contribution in [0.25, 0.3) is 5.70 Å². The highest BCUT2D eigenvalue weighted by molar-refractivity contribution is 5.93. The minimum absolute atomic E-state index is 0.139. The number of carbonyl (C=O) groups excluding carboxylic acids is 1. The molecule has 0 aliphatic carbocycles. The van der Waals surface area contributed by atoms with Crippen molar-refractivity contribution in [2.45, 2.75) is 46.8 Å². The van der Waals surface area contributed by atoms with Crippen molar-refractivity contribution < 1.29 is 18.0 Å². The minimum atomic E-state index is -4.37. The molecule has 0 spiro atoms. The first-order valence-corrected chi connectivity index (χ1v) is 8.09. The van der Waals surface area contributed by atoms with Gasteiger partial charge in [-0.1, -0.05) is 26.8 Å². The van der Waals surface area contributed by atoms with Gasteiger partial charge in [-0.3, -0.25) is 4.79 Å². The molecule has 0 radical (unpaired) electrons. The van der Waals surface area contributed by atoms with Crippen molar-refractivity contribution >= 4 is 11.6 Å². The van der Waals surface area contributed by atoms with Crippen molar-refractivity contribution in [3.8, 4) is 0 Å². The Morgan fingerprint density at radius 1 is 1.20 bits per heavy atom. The van der Waals surface area contributed by atoms with E-state index in [4.69, 9.17) is 11.6 Å². The molecule has 1 amide bonds. The van der Waals surface area contributed by atoms with E-state index in [0.717, 1.165) is 13.0 Å². The number of allylic oxidation sites excluding steroid dienone is 1. The first-order chi connectivity index (χ1) is 11.4. The zero-order valence-corrected chi connectivity index (χ0v) is 15.2. The lowest BCUT2D eigenvalue weighted by Gasteiger charge is -2.33. The number of carbonyl (C=O) groups is 1. The average Bonchev–Trinajstić information content (AvgIpc) is 2.50. The third kappa shape index (κ3) is 5.22. The molecule has 25 heavy (non-hydrogen) atoms. The van der Waals surface area contributed by atoms with Gasteiger partial charge in [-0.05, 0) is 43.5 Å². The fraction of sp³-hybridized carbons (Fsp3) is 0.500. The Labute approximate surface area is 146 Å². The van der Waals surface area contributed by atoms with Crippen LogP contribution in [0.1, 0.15) is 49.2 Å². The van der Waals surface area contributed by atoms with E-state index in [1.54, 1.807) is 19.1 Å². The van der Waals surface area contributed by atoms with Crippen molar-refractivity contribution in [1.82, 2.24) is 5.01 Å². The SMILES string of the molecule is Cc1cc(C(N)=O)ccc1/C(=C/C(C)C(F)(F)F)N(N)C(C)C(C)C. The summed E-state index contributed by atoms with van der Waals surface area (Å²) in [6.45, 7) is 8.53. The highest BCUT2D eigenvalue weighted by Crippen LogP contribution is 2.32. The fourth-order valence-electron chi connectivity index (χ4n) is 2.29. The molecule has 0 aliphatic rings. The van der Waals surface area contributed by atoms with Crippen LogP contribution in [0.4, 0.5) is 13.2 Å². The Morgan fingerprint density at radius 2 is 1.76 bits per heavy atom. The number of nitrogens with two attached hydrogens (primary N) is 2. The summed E-state index contributed by atoms with van der Waals surface area (Å²) < 4.78 is 39.2. The maximum Gasteiger partial charge on any atom is 0.394 e. The highest BCUT2D eigenvalue weighted by Gasteiger charge is 2.35. The molecule has 2 atom stereocenters. The predicted octanol–water partition coefficient (Wildman–Crippen LogP) is 3.85. The molecular formula is C18H26F3N3O. The average molecular weight is 357 g/mol. The van der Waals surface area contributed by atoms with Crippen LogP contribution in [0.15, 0.2) is 24.3 Å². The van der Waals surface area contributed by atoms with E-state index in [-0.39, 0.29) is 17.7 Å². The van der Waals surface area contributed by atoms with Crippen LogP contribution < -0.4 is 11.6 Å². The summed E-state index contributed by atoms with van der Waals surface area (Å²) >= 11 is 0. The van der Waals surface area contributed by atoms with Gasteiger partial charge in [-0.2, -0.15) is 13.2 Å². The van der Waals surface area contributed by atoms with Crippen LogP contribution in [0.2, 0.25) is 0 Å². The second kappa shape index (κ2) is 7.91. The van der Waals surface area contributed by atoms with Crippen molar-refractivity contribution in [3.63, 3.8) is 0 Å². The standard InChI is InChI=1S/C18H26F3N3O/c1-10(2)13(5)24(23)16(9-12(4)18(19,20)21)15-7-6-14(17(22)25)8-11(15)3/h6-10,12-13H,23H2,1-5H3,(H2,22,25)/b16-9-. The number of hydrogen-bond acceptors (Lipinski definition) is 3. The molecule has 4 nitrogen and oxygen atoms in total. The molecule has 140 valence electrons. The van der Waals surface area contributed by atoms with Crippen molar-refractivity contribution in [2.24, 2.45) is 23.4 Å². The molecule has 1 aromatic rings. The third-order valence-corrected chi connectivity index (χ3v) is 4.39. The number of primary amides is 1. The van der Waals surface area contributed by atoms with E-state index < -0.39 is 18.0 Å². The summed E-state index contributed by atoms with van der Waals surface area (Å²) in [6.07, 6.45) is -3.25. The summed E-state index contributed by atoms with van der Waals surface area (Å²) in [5, 5.41) is 1.36. The molecule has 0 aliphatic heterocycles. The molecule has 0 heterocycles. The van der Waals surface area contributed by atoms with Gasteiger partial charge in [0.05, 0.1) is 11.6 Å². The topological polar surface area (TPSA) is 72.4 Å². The normalized spacial score (nSPS) is 15.2. The molecule has 1 aromatic carbocycles. The van der Waals surface area contributed by atoms with Gasteiger partial charge >= 0.3 is 6.18 Å². The van der Waals surface area contributed by atoms with Gasteiger partial charge in [0.15, 0.2) is 0 Å². The monoisotopic (exact) mass is 357 g/mol. The number of benzene rings is 1. The zero-order valence-electron chi connectivity index (χ0n) is 15.2. The van der Waals surface area contributed by atoms with Gasteiger partial charge in [0.1, 0.15) is 0 Å². The zero-order chi connectivity index (χ0) is 19.5. The van der Waals surface area contributed by atoms with Crippen LogP contribution in [0.3, 0.4) is 0 Å². The van der Waals surface area contributed by atoms with Gasteiger partial charge in [0, 0.05) is 17.2 Å². The molecule has 2 unspecified atom stereocenters. The number of hydrogen-bond donors (Lipinski definition) is 2. The van der Waals surface area contributed by atoms with Gasteiger partial charge in [-0.15, -0.1) is 0 Å². The van der Waals surface area contributed by atoms with Gasteiger partial charge in [0.2, 0.25) is 5.91 Å². The van der Waals surface area contributed by atoms with Gasteiger partial charge in [0.25, 0.3) is 0 Å². The van der Waals surface area contributed by atoms with E-state index in [1.807, 2.05) is 20.8 Å². The highest BCUT2D eigenvalue weighted by atomic mass is 19.4. The third-order valence-electron chi connectivity index (χ3n) is 4.39.